The molecule has 1 atom stereocenters. The normalized spacial score (nSPS) is 12.0. The van der Waals surface area contributed by atoms with Crippen LogP contribution < -0.4 is 5.32 Å². The third-order valence-corrected chi connectivity index (χ3v) is 3.74. The van der Waals surface area contributed by atoms with E-state index in [0.29, 0.717) is 5.65 Å². The van der Waals surface area contributed by atoms with Crippen molar-refractivity contribution in [3.63, 3.8) is 0 Å². The number of pyridine rings is 1. The Balaban J connectivity index is 1.70. The molecule has 3 rings (SSSR count). The molecule has 0 saturated heterocycles. The van der Waals surface area contributed by atoms with E-state index in [0.717, 1.165) is 23.9 Å². The van der Waals surface area contributed by atoms with Gasteiger partial charge in [0.15, 0.2) is 11.8 Å². The third-order valence-electron chi connectivity index (χ3n) is 3.74. The van der Waals surface area contributed by atoms with E-state index in [2.05, 4.69) is 10.3 Å². The number of carbonyl (C=O) groups excluding carboxylic acids is 2. The molecule has 1 aromatic carbocycles. The SMILES string of the molecule is Cc1cccc2nc(C(=O)O[C@H](C)C(=O)Nc3cc(F)ccc3F)cn12. The smallest absolute Gasteiger partial charge is 0.359 e. The van der Waals surface area contributed by atoms with Crippen LogP contribution in [-0.4, -0.2) is 27.4 Å². The minimum Gasteiger partial charge on any atom is -0.448 e. The molecule has 26 heavy (non-hydrogen) atoms. The number of benzene rings is 1. The first-order valence-corrected chi connectivity index (χ1v) is 7.77. The quantitative estimate of drug-likeness (QED) is 0.727. The van der Waals surface area contributed by atoms with Crippen LogP contribution in [-0.2, 0) is 9.53 Å². The third kappa shape index (κ3) is 3.53. The number of ether oxygens (including phenoxy) is 1. The van der Waals surface area contributed by atoms with Crippen LogP contribution in [0.2, 0.25) is 0 Å². The largest absolute Gasteiger partial charge is 0.448 e. The molecule has 0 spiro atoms. The molecule has 0 fully saturated rings. The summed E-state index contributed by atoms with van der Waals surface area (Å²) in [5, 5.41) is 2.19. The summed E-state index contributed by atoms with van der Waals surface area (Å²) in [5.74, 6) is -3.08. The number of hydrogen-bond donors (Lipinski definition) is 1. The molecule has 2 heterocycles. The van der Waals surface area contributed by atoms with Crippen LogP contribution in [0.5, 0.6) is 0 Å². The number of amides is 1. The average Bonchev–Trinajstić information content (AvgIpc) is 3.04. The molecule has 0 unspecified atom stereocenters. The first-order chi connectivity index (χ1) is 12.3. The van der Waals surface area contributed by atoms with Gasteiger partial charge in [0.2, 0.25) is 0 Å². The van der Waals surface area contributed by atoms with Gasteiger partial charge in [-0.3, -0.25) is 4.79 Å². The molecule has 0 radical (unpaired) electrons. The van der Waals surface area contributed by atoms with Crippen molar-refractivity contribution in [2.45, 2.75) is 20.0 Å². The second-order valence-electron chi connectivity index (χ2n) is 5.68. The first-order valence-electron chi connectivity index (χ1n) is 7.77. The molecule has 134 valence electrons. The van der Waals surface area contributed by atoms with Gasteiger partial charge in [-0.25, -0.2) is 18.6 Å². The highest BCUT2D eigenvalue weighted by molar-refractivity contribution is 5.97. The van der Waals surface area contributed by atoms with E-state index in [1.807, 2.05) is 13.0 Å². The standard InChI is InChI=1S/C18H15F2N3O3/c1-10-4-3-5-16-21-15(9-23(10)16)18(25)26-11(2)17(24)22-14-8-12(19)6-7-13(14)20/h3-9,11H,1-2H3,(H,22,24)/t11-/m1/s1. The molecule has 0 aliphatic heterocycles. The van der Waals surface area contributed by atoms with Crippen molar-refractivity contribution in [2.75, 3.05) is 5.32 Å². The summed E-state index contributed by atoms with van der Waals surface area (Å²) in [4.78, 5) is 28.4. The maximum Gasteiger partial charge on any atom is 0.359 e. The van der Waals surface area contributed by atoms with Gasteiger partial charge in [-0.2, -0.15) is 0 Å². The highest BCUT2D eigenvalue weighted by atomic mass is 19.1. The number of nitrogens with one attached hydrogen (secondary N) is 1. The predicted molar refractivity (Wildman–Crippen MR) is 89.8 cm³/mol. The second kappa shape index (κ2) is 6.91. The molecule has 2 aromatic heterocycles. The zero-order valence-corrected chi connectivity index (χ0v) is 14.0. The predicted octanol–water partition coefficient (Wildman–Crippen LogP) is 3.10. The number of halogens is 2. The lowest BCUT2D eigenvalue weighted by Crippen LogP contribution is -2.30. The number of nitrogens with zero attached hydrogens (tertiary/aromatic N) is 2. The Morgan fingerprint density at radius 2 is 2.00 bits per heavy atom. The summed E-state index contributed by atoms with van der Waals surface area (Å²) in [6.45, 7) is 3.18. The molecule has 0 bridgehead atoms. The molecule has 1 amide bonds. The van der Waals surface area contributed by atoms with Gasteiger partial charge in [-0.05, 0) is 38.1 Å². The monoisotopic (exact) mass is 359 g/mol. The highest BCUT2D eigenvalue weighted by Crippen LogP contribution is 2.16. The number of aryl methyl sites for hydroxylation is 1. The topological polar surface area (TPSA) is 72.7 Å². The Kier molecular flexibility index (Phi) is 4.66. The van der Waals surface area contributed by atoms with Crippen molar-refractivity contribution in [3.05, 3.63) is 65.6 Å². The Morgan fingerprint density at radius 3 is 2.73 bits per heavy atom. The average molecular weight is 359 g/mol. The van der Waals surface area contributed by atoms with Crippen molar-refractivity contribution < 1.29 is 23.1 Å². The Hall–Kier alpha value is -3.29. The number of fused-ring (bicyclic) bond motifs is 1. The van der Waals surface area contributed by atoms with Crippen LogP contribution in [0.3, 0.4) is 0 Å². The molecule has 1 N–H and O–H groups in total. The molecule has 8 heteroatoms. The zero-order chi connectivity index (χ0) is 18.8. The Morgan fingerprint density at radius 1 is 1.23 bits per heavy atom. The number of hydrogen-bond acceptors (Lipinski definition) is 4. The van der Waals surface area contributed by atoms with Crippen LogP contribution in [0, 0.1) is 18.6 Å². The van der Waals surface area contributed by atoms with E-state index in [-0.39, 0.29) is 11.4 Å². The number of esters is 1. The van der Waals surface area contributed by atoms with Gasteiger partial charge in [0.1, 0.15) is 17.3 Å². The van der Waals surface area contributed by atoms with E-state index in [1.165, 1.54) is 13.1 Å². The molecular weight excluding hydrogens is 344 g/mol. The minimum absolute atomic E-state index is 0.0379. The highest BCUT2D eigenvalue weighted by Gasteiger charge is 2.22. The second-order valence-corrected chi connectivity index (χ2v) is 5.68. The molecule has 3 aromatic rings. The van der Waals surface area contributed by atoms with Crippen LogP contribution in [0.25, 0.3) is 5.65 Å². The zero-order valence-electron chi connectivity index (χ0n) is 14.0. The number of imidazole rings is 1. The van der Waals surface area contributed by atoms with Gasteiger partial charge in [0.25, 0.3) is 5.91 Å². The fourth-order valence-corrected chi connectivity index (χ4v) is 2.35. The van der Waals surface area contributed by atoms with Gasteiger partial charge in [0.05, 0.1) is 5.69 Å². The van der Waals surface area contributed by atoms with Crippen molar-refractivity contribution in [1.82, 2.24) is 9.38 Å². The summed E-state index contributed by atoms with van der Waals surface area (Å²) in [6.07, 6.45) is 0.278. The van der Waals surface area contributed by atoms with Crippen molar-refractivity contribution in [2.24, 2.45) is 0 Å². The van der Waals surface area contributed by atoms with Crippen molar-refractivity contribution in [3.8, 4) is 0 Å². The maximum absolute atomic E-state index is 13.6. The van der Waals surface area contributed by atoms with Gasteiger partial charge in [-0.15, -0.1) is 0 Å². The molecular formula is C18H15F2N3O3. The fourth-order valence-electron chi connectivity index (χ4n) is 2.35. The van der Waals surface area contributed by atoms with Gasteiger partial charge in [-0.1, -0.05) is 6.07 Å². The van der Waals surface area contributed by atoms with Crippen LogP contribution in [0.4, 0.5) is 14.5 Å². The van der Waals surface area contributed by atoms with Crippen LogP contribution in [0.15, 0.2) is 42.6 Å². The first kappa shape index (κ1) is 17.5. The minimum atomic E-state index is -1.23. The molecule has 0 saturated carbocycles. The maximum atomic E-state index is 13.6. The summed E-state index contributed by atoms with van der Waals surface area (Å²) >= 11 is 0. The van der Waals surface area contributed by atoms with E-state index >= 15 is 0 Å². The number of rotatable bonds is 4. The number of anilines is 1. The Bertz CT molecular complexity index is 1000. The van der Waals surface area contributed by atoms with Gasteiger partial charge >= 0.3 is 5.97 Å². The van der Waals surface area contributed by atoms with Crippen LogP contribution in [0.1, 0.15) is 23.1 Å². The lowest BCUT2D eigenvalue weighted by Gasteiger charge is -2.13. The summed E-state index contributed by atoms with van der Waals surface area (Å²) < 4.78 is 33.5. The van der Waals surface area contributed by atoms with E-state index in [1.54, 1.807) is 16.5 Å². The van der Waals surface area contributed by atoms with E-state index in [4.69, 9.17) is 4.74 Å². The number of aromatic nitrogens is 2. The van der Waals surface area contributed by atoms with Gasteiger partial charge < -0.3 is 14.5 Å². The van der Waals surface area contributed by atoms with Gasteiger partial charge in [0, 0.05) is 18.0 Å². The Labute approximate surface area is 147 Å². The van der Waals surface area contributed by atoms with Crippen molar-refractivity contribution >= 4 is 23.2 Å². The molecule has 0 aliphatic rings. The summed E-state index contributed by atoms with van der Waals surface area (Å²) in [5.41, 5.74) is 1.15. The number of carbonyl (C=O) groups is 2. The van der Waals surface area contributed by atoms with Crippen molar-refractivity contribution in [1.29, 1.82) is 0 Å². The van der Waals surface area contributed by atoms with Crippen LogP contribution >= 0.6 is 0 Å². The molecule has 0 aliphatic carbocycles. The van der Waals surface area contributed by atoms with E-state index < -0.39 is 29.6 Å². The van der Waals surface area contributed by atoms with E-state index in [9.17, 15) is 18.4 Å². The summed E-state index contributed by atoms with van der Waals surface area (Å²) in [6, 6.07) is 8.05. The lowest BCUT2D eigenvalue weighted by molar-refractivity contribution is -0.123. The summed E-state index contributed by atoms with van der Waals surface area (Å²) in [7, 11) is 0. The lowest BCUT2D eigenvalue weighted by atomic mass is 10.2. The fraction of sp³-hybridized carbons (Fsp3) is 0.167. The molecule has 6 nitrogen and oxygen atoms in total.